The molecule has 10 heteroatoms. The van der Waals surface area contributed by atoms with E-state index in [4.69, 9.17) is 25.5 Å². The number of nitrogens with one attached hydrogen (secondary N) is 1. The number of carbonyl (C=O) groups excluding carboxylic acids is 2. The summed E-state index contributed by atoms with van der Waals surface area (Å²) >= 11 is 6.48. The van der Waals surface area contributed by atoms with E-state index in [0.717, 1.165) is 23.9 Å². The highest BCUT2D eigenvalue weighted by Crippen LogP contribution is 2.31. The van der Waals surface area contributed by atoms with E-state index in [1.807, 2.05) is 30.3 Å². The van der Waals surface area contributed by atoms with Crippen LogP contribution >= 0.6 is 11.6 Å². The lowest BCUT2D eigenvalue weighted by Gasteiger charge is -2.30. The minimum atomic E-state index is -1.07. The molecule has 1 N–H and O–H groups in total. The van der Waals surface area contributed by atoms with E-state index in [2.05, 4.69) is 10.3 Å². The number of para-hydroxylation sites is 2. The molecular formula is C28H31ClFN3O5. The van der Waals surface area contributed by atoms with E-state index in [1.165, 1.54) is 7.11 Å². The van der Waals surface area contributed by atoms with E-state index >= 15 is 0 Å². The number of halogens is 2. The molecule has 2 atom stereocenters. The maximum Gasteiger partial charge on any atom is 0.308 e. The zero-order valence-electron chi connectivity index (χ0n) is 21.2. The fraction of sp³-hybridized carbons (Fsp3) is 0.464. The van der Waals surface area contributed by atoms with Gasteiger partial charge in [-0.15, -0.1) is 0 Å². The summed E-state index contributed by atoms with van der Waals surface area (Å²) in [7, 11) is 1.41. The summed E-state index contributed by atoms with van der Waals surface area (Å²) < 4.78 is 30.9. The van der Waals surface area contributed by atoms with Crippen LogP contribution in [0.1, 0.15) is 37.7 Å². The van der Waals surface area contributed by atoms with Crippen molar-refractivity contribution in [3.63, 3.8) is 0 Å². The Hall–Kier alpha value is -3.17. The van der Waals surface area contributed by atoms with Crippen molar-refractivity contribution in [2.45, 2.75) is 56.8 Å². The molecule has 3 aromatic rings. The van der Waals surface area contributed by atoms with Gasteiger partial charge >= 0.3 is 5.97 Å². The van der Waals surface area contributed by atoms with Crippen molar-refractivity contribution in [2.24, 2.45) is 5.92 Å². The number of benzene rings is 2. The minimum Gasteiger partial charge on any atom is -0.469 e. The third kappa shape index (κ3) is 6.10. The number of rotatable bonds is 8. The largest absolute Gasteiger partial charge is 0.469 e. The number of fused-ring (bicyclic) bond motifs is 1. The number of anilines is 2. The van der Waals surface area contributed by atoms with Crippen LogP contribution in [0.15, 0.2) is 46.9 Å². The third-order valence-corrected chi connectivity index (χ3v) is 7.65. The molecule has 5 rings (SSSR count). The van der Waals surface area contributed by atoms with Gasteiger partial charge in [0.25, 0.3) is 6.01 Å². The van der Waals surface area contributed by atoms with Crippen molar-refractivity contribution in [1.29, 1.82) is 0 Å². The summed E-state index contributed by atoms with van der Waals surface area (Å²) in [5.74, 6) is -0.418. The third-order valence-electron chi connectivity index (χ3n) is 7.34. The first-order valence-corrected chi connectivity index (χ1v) is 13.3. The Labute approximate surface area is 225 Å². The summed E-state index contributed by atoms with van der Waals surface area (Å²) in [4.78, 5) is 30.8. The highest BCUT2D eigenvalue weighted by atomic mass is 35.5. The van der Waals surface area contributed by atoms with E-state index in [1.54, 1.807) is 17.0 Å². The highest BCUT2D eigenvalue weighted by Gasteiger charge is 2.36. The highest BCUT2D eigenvalue weighted by molar-refractivity contribution is 6.33. The molecule has 8 nitrogen and oxygen atoms in total. The SMILES string of the molecule is COC(=O)[C@H]1CC[C@H](OC[C@@H]2C[C@H](F)CN2C(=O)Cc2ccc(Nc3nc4ccccc4o3)c(Cl)c2)CC1. The fourth-order valence-electron chi connectivity index (χ4n) is 5.29. The number of esters is 1. The maximum atomic E-state index is 14.3. The molecule has 1 amide bonds. The molecule has 0 unspecified atom stereocenters. The minimum absolute atomic E-state index is 0.00612. The number of alkyl halides is 1. The normalized spacial score (nSPS) is 23.5. The lowest BCUT2D eigenvalue weighted by Crippen LogP contribution is -2.40. The zero-order chi connectivity index (χ0) is 26.6. The average molecular weight is 544 g/mol. The summed E-state index contributed by atoms with van der Waals surface area (Å²) in [6.07, 6.45) is 2.24. The predicted molar refractivity (Wildman–Crippen MR) is 141 cm³/mol. The fourth-order valence-corrected chi connectivity index (χ4v) is 5.54. The summed E-state index contributed by atoms with van der Waals surface area (Å²) in [6, 6.07) is 12.8. The molecule has 38 heavy (non-hydrogen) atoms. The Kier molecular flexibility index (Phi) is 8.14. The van der Waals surface area contributed by atoms with Gasteiger partial charge in [-0.05, 0) is 55.5 Å². The second-order valence-corrected chi connectivity index (χ2v) is 10.4. The van der Waals surface area contributed by atoms with Crippen LogP contribution in [0.5, 0.6) is 0 Å². The molecule has 1 aliphatic heterocycles. The van der Waals surface area contributed by atoms with Crippen molar-refractivity contribution < 1.29 is 27.9 Å². The van der Waals surface area contributed by atoms with Gasteiger partial charge in [-0.2, -0.15) is 4.98 Å². The summed E-state index contributed by atoms with van der Waals surface area (Å²) in [5.41, 5.74) is 2.73. The van der Waals surface area contributed by atoms with Gasteiger partial charge in [0.1, 0.15) is 11.7 Å². The Balaban J connectivity index is 1.15. The lowest BCUT2D eigenvalue weighted by molar-refractivity contribution is -0.148. The van der Waals surface area contributed by atoms with Crippen molar-refractivity contribution in [3.05, 3.63) is 53.1 Å². The second kappa shape index (κ2) is 11.7. The van der Waals surface area contributed by atoms with Crippen LogP contribution < -0.4 is 5.32 Å². The van der Waals surface area contributed by atoms with Gasteiger partial charge in [0.2, 0.25) is 5.91 Å². The summed E-state index contributed by atoms with van der Waals surface area (Å²) in [5, 5.41) is 3.49. The number of methoxy groups -OCH3 is 1. The first kappa shape index (κ1) is 26.4. The van der Waals surface area contributed by atoms with Crippen molar-refractivity contribution >= 4 is 46.3 Å². The Morgan fingerprint density at radius 2 is 1.97 bits per heavy atom. The number of likely N-dealkylation sites (tertiary alicyclic amines) is 1. The van der Waals surface area contributed by atoms with Crippen molar-refractivity contribution in [3.8, 4) is 0 Å². The molecule has 1 saturated carbocycles. The van der Waals surface area contributed by atoms with Gasteiger partial charge in [-0.3, -0.25) is 9.59 Å². The maximum absolute atomic E-state index is 14.3. The predicted octanol–water partition coefficient (Wildman–Crippen LogP) is 5.45. The molecule has 2 fully saturated rings. The van der Waals surface area contributed by atoms with Gasteiger partial charge in [0.05, 0.1) is 55.5 Å². The number of hydrogen-bond acceptors (Lipinski definition) is 7. The Morgan fingerprint density at radius 3 is 2.71 bits per heavy atom. The topological polar surface area (TPSA) is 93.9 Å². The molecule has 1 saturated heterocycles. The van der Waals surface area contributed by atoms with Gasteiger partial charge in [-0.25, -0.2) is 4.39 Å². The number of nitrogens with zero attached hydrogens (tertiary/aromatic N) is 2. The molecule has 202 valence electrons. The molecule has 0 spiro atoms. The second-order valence-electron chi connectivity index (χ2n) is 9.97. The molecule has 1 aromatic heterocycles. The zero-order valence-corrected chi connectivity index (χ0v) is 22.0. The number of aromatic nitrogens is 1. The quantitative estimate of drug-likeness (QED) is 0.377. The first-order valence-electron chi connectivity index (χ1n) is 12.9. The lowest BCUT2D eigenvalue weighted by atomic mass is 9.87. The molecule has 1 aliphatic carbocycles. The van der Waals surface area contributed by atoms with Gasteiger partial charge < -0.3 is 24.1 Å². The van der Waals surface area contributed by atoms with Crippen molar-refractivity contribution in [1.82, 2.24) is 9.88 Å². The van der Waals surface area contributed by atoms with Gasteiger partial charge in [0.15, 0.2) is 5.58 Å². The monoisotopic (exact) mass is 543 g/mol. The molecule has 2 aliphatic rings. The van der Waals surface area contributed by atoms with Crippen molar-refractivity contribution in [2.75, 3.05) is 25.6 Å². The van der Waals surface area contributed by atoms with Crippen LogP contribution in [0.3, 0.4) is 0 Å². The molecule has 2 aromatic carbocycles. The van der Waals surface area contributed by atoms with E-state index in [0.29, 0.717) is 35.1 Å². The molecular weight excluding hydrogens is 513 g/mol. The van der Waals surface area contributed by atoms with Crippen LogP contribution in [0.25, 0.3) is 11.1 Å². The number of oxazole rings is 1. The Bertz CT molecular complexity index is 1260. The van der Waals surface area contributed by atoms with E-state index in [-0.39, 0.29) is 55.9 Å². The number of carbonyl (C=O) groups is 2. The van der Waals surface area contributed by atoms with Crippen LogP contribution in [0.4, 0.5) is 16.1 Å². The van der Waals surface area contributed by atoms with Gasteiger partial charge in [-0.1, -0.05) is 29.8 Å². The van der Waals surface area contributed by atoms with Crippen LogP contribution in [-0.2, 0) is 25.5 Å². The standard InChI is InChI=1S/C28H31ClFN3O5/c1-36-27(35)18-7-9-21(10-8-18)37-16-20-14-19(30)15-33(20)26(34)13-17-6-11-23(22(29)12-17)31-28-32-24-4-2-3-5-25(24)38-28/h2-6,11-12,18-21H,7-10,13-16H2,1H3,(H,31,32)/t18-,19-,20-,21-/m0/s1. The number of hydrogen-bond donors (Lipinski definition) is 1. The summed E-state index contributed by atoms with van der Waals surface area (Å²) in [6.45, 7) is 0.348. The number of amides is 1. The number of ether oxygens (including phenoxy) is 2. The molecule has 0 radical (unpaired) electrons. The van der Waals surface area contributed by atoms with Crippen LogP contribution in [0.2, 0.25) is 5.02 Å². The molecule has 0 bridgehead atoms. The van der Waals surface area contributed by atoms with Gasteiger partial charge in [0, 0.05) is 6.42 Å². The Morgan fingerprint density at radius 1 is 1.18 bits per heavy atom. The first-order chi connectivity index (χ1) is 18.4. The van der Waals surface area contributed by atoms with Crippen LogP contribution in [0, 0.1) is 5.92 Å². The van der Waals surface area contributed by atoms with Crippen LogP contribution in [-0.4, -0.2) is 60.3 Å². The van der Waals surface area contributed by atoms with E-state index < -0.39 is 6.17 Å². The van der Waals surface area contributed by atoms with E-state index in [9.17, 15) is 14.0 Å². The average Bonchev–Trinajstić information content (AvgIpc) is 3.51. The molecule has 2 heterocycles. The smallest absolute Gasteiger partial charge is 0.308 e.